The molecule has 7 nitrogen and oxygen atoms in total. The Kier molecular flexibility index (Phi) is 4.84. The number of carbonyl (C=O) groups is 1. The predicted octanol–water partition coefficient (Wildman–Crippen LogP) is 3.17. The summed E-state index contributed by atoms with van der Waals surface area (Å²) in [6.07, 6.45) is 0. The Labute approximate surface area is 157 Å². The monoisotopic (exact) mass is 363 g/mol. The molecule has 0 atom stereocenters. The molecule has 0 radical (unpaired) electrons. The number of carbonyl (C=O) groups excluding carboxylic acids is 1. The summed E-state index contributed by atoms with van der Waals surface area (Å²) in [5.74, 6) is 1.37. The number of anilines is 4. The molecule has 1 aliphatic rings. The zero-order chi connectivity index (χ0) is 18.6. The Hall–Kier alpha value is -3.19. The minimum absolute atomic E-state index is 0.0938. The number of aromatic nitrogens is 2. The molecule has 0 bridgehead atoms. The third-order valence-electron chi connectivity index (χ3n) is 4.36. The number of nitrogens with one attached hydrogen (secondary N) is 2. The van der Waals surface area contributed by atoms with Crippen LogP contribution in [0, 0.1) is 0 Å². The first-order valence-corrected chi connectivity index (χ1v) is 8.93. The average Bonchev–Trinajstić information content (AvgIpc) is 2.69. The molecule has 138 valence electrons. The molecule has 1 aromatic heterocycles. The SMILES string of the molecule is CC(=O)Nc1ccc(Nc2nc(N3CCOCC3)c3ccccc3n2)cc1. The maximum absolute atomic E-state index is 11.1. The third-order valence-corrected chi connectivity index (χ3v) is 4.36. The van der Waals surface area contributed by atoms with E-state index < -0.39 is 0 Å². The van der Waals surface area contributed by atoms with Gasteiger partial charge in [0.25, 0.3) is 0 Å². The van der Waals surface area contributed by atoms with Crippen LogP contribution < -0.4 is 15.5 Å². The number of hydrogen-bond acceptors (Lipinski definition) is 6. The van der Waals surface area contributed by atoms with Crippen LogP contribution in [0.15, 0.2) is 48.5 Å². The summed E-state index contributed by atoms with van der Waals surface area (Å²) in [6, 6.07) is 15.5. The van der Waals surface area contributed by atoms with Crippen LogP contribution in [0.2, 0.25) is 0 Å². The number of nitrogens with zero attached hydrogens (tertiary/aromatic N) is 3. The van der Waals surface area contributed by atoms with E-state index in [1.807, 2.05) is 48.5 Å². The lowest BCUT2D eigenvalue weighted by Gasteiger charge is -2.29. The summed E-state index contributed by atoms with van der Waals surface area (Å²) >= 11 is 0. The van der Waals surface area contributed by atoms with Gasteiger partial charge in [0.2, 0.25) is 11.9 Å². The first-order chi connectivity index (χ1) is 13.2. The van der Waals surface area contributed by atoms with Crippen LogP contribution in [0.1, 0.15) is 6.92 Å². The largest absolute Gasteiger partial charge is 0.378 e. The summed E-state index contributed by atoms with van der Waals surface area (Å²) in [6.45, 7) is 4.51. The molecule has 1 aliphatic heterocycles. The van der Waals surface area contributed by atoms with Gasteiger partial charge in [-0.25, -0.2) is 4.98 Å². The van der Waals surface area contributed by atoms with E-state index in [0.717, 1.165) is 41.2 Å². The molecule has 2 aromatic carbocycles. The number of rotatable bonds is 4. The number of ether oxygens (including phenoxy) is 1. The molecule has 0 saturated carbocycles. The van der Waals surface area contributed by atoms with E-state index >= 15 is 0 Å². The summed E-state index contributed by atoms with van der Waals surface area (Å²) in [5, 5.41) is 7.05. The van der Waals surface area contributed by atoms with Crippen molar-refractivity contribution in [3.05, 3.63) is 48.5 Å². The van der Waals surface area contributed by atoms with Gasteiger partial charge in [-0.1, -0.05) is 12.1 Å². The van der Waals surface area contributed by atoms with Crippen LogP contribution >= 0.6 is 0 Å². The number of morpholine rings is 1. The number of benzene rings is 2. The molecule has 7 heteroatoms. The van der Waals surface area contributed by atoms with Gasteiger partial charge in [-0.3, -0.25) is 4.79 Å². The lowest BCUT2D eigenvalue weighted by molar-refractivity contribution is -0.114. The summed E-state index contributed by atoms with van der Waals surface area (Å²) in [7, 11) is 0. The van der Waals surface area contributed by atoms with Gasteiger partial charge in [0.05, 0.1) is 18.7 Å². The molecule has 27 heavy (non-hydrogen) atoms. The Bertz CT molecular complexity index is 952. The highest BCUT2D eigenvalue weighted by Crippen LogP contribution is 2.27. The quantitative estimate of drug-likeness (QED) is 0.741. The van der Waals surface area contributed by atoms with Crippen molar-refractivity contribution in [3.8, 4) is 0 Å². The van der Waals surface area contributed by atoms with Crippen molar-refractivity contribution in [1.82, 2.24) is 9.97 Å². The molecule has 1 saturated heterocycles. The Morgan fingerprint density at radius 2 is 1.70 bits per heavy atom. The average molecular weight is 363 g/mol. The van der Waals surface area contributed by atoms with Crippen LogP contribution in [0.4, 0.5) is 23.1 Å². The fourth-order valence-electron chi connectivity index (χ4n) is 3.10. The highest BCUT2D eigenvalue weighted by molar-refractivity contribution is 5.91. The molecule has 0 aliphatic carbocycles. The zero-order valence-corrected chi connectivity index (χ0v) is 15.1. The molecule has 2 heterocycles. The molecule has 0 unspecified atom stereocenters. The minimum atomic E-state index is -0.0938. The Morgan fingerprint density at radius 3 is 2.44 bits per heavy atom. The van der Waals surface area contributed by atoms with Gasteiger partial charge in [-0.2, -0.15) is 4.98 Å². The predicted molar refractivity (Wildman–Crippen MR) is 107 cm³/mol. The standard InChI is InChI=1S/C20H21N5O2/c1-14(26)21-15-6-8-16(9-7-15)22-20-23-18-5-3-2-4-17(18)19(24-20)25-10-12-27-13-11-25/h2-9H,10-13H2,1H3,(H,21,26)(H,22,23,24). The van der Waals surface area contributed by atoms with Crippen molar-refractivity contribution >= 4 is 40.0 Å². The van der Waals surface area contributed by atoms with Gasteiger partial charge >= 0.3 is 0 Å². The minimum Gasteiger partial charge on any atom is -0.378 e. The number of hydrogen-bond donors (Lipinski definition) is 2. The molecule has 3 aromatic rings. The van der Waals surface area contributed by atoms with E-state index in [1.165, 1.54) is 6.92 Å². The van der Waals surface area contributed by atoms with Gasteiger partial charge in [-0.05, 0) is 36.4 Å². The van der Waals surface area contributed by atoms with Gasteiger partial charge in [-0.15, -0.1) is 0 Å². The lowest BCUT2D eigenvalue weighted by atomic mass is 10.2. The Morgan fingerprint density at radius 1 is 1.00 bits per heavy atom. The maximum atomic E-state index is 11.1. The van der Waals surface area contributed by atoms with Crippen molar-refractivity contribution in [2.24, 2.45) is 0 Å². The second-order valence-corrected chi connectivity index (χ2v) is 6.37. The molecule has 0 spiro atoms. The zero-order valence-electron chi connectivity index (χ0n) is 15.1. The van der Waals surface area contributed by atoms with E-state index in [4.69, 9.17) is 9.72 Å². The van der Waals surface area contributed by atoms with Crippen molar-refractivity contribution in [2.75, 3.05) is 41.8 Å². The molecular weight excluding hydrogens is 342 g/mol. The molecular formula is C20H21N5O2. The highest BCUT2D eigenvalue weighted by atomic mass is 16.5. The van der Waals surface area contributed by atoms with Crippen LogP contribution in [0.25, 0.3) is 10.9 Å². The van der Waals surface area contributed by atoms with E-state index in [-0.39, 0.29) is 5.91 Å². The van der Waals surface area contributed by atoms with Crippen LogP contribution in [-0.4, -0.2) is 42.2 Å². The van der Waals surface area contributed by atoms with E-state index in [2.05, 4.69) is 20.5 Å². The normalized spacial score (nSPS) is 14.2. The lowest BCUT2D eigenvalue weighted by Crippen LogP contribution is -2.37. The second-order valence-electron chi connectivity index (χ2n) is 6.37. The highest BCUT2D eigenvalue weighted by Gasteiger charge is 2.17. The molecule has 1 fully saturated rings. The molecule has 1 amide bonds. The van der Waals surface area contributed by atoms with Gasteiger partial charge in [0.1, 0.15) is 5.82 Å². The molecule has 4 rings (SSSR count). The first-order valence-electron chi connectivity index (χ1n) is 8.93. The van der Waals surface area contributed by atoms with Crippen LogP contribution in [-0.2, 0) is 9.53 Å². The van der Waals surface area contributed by atoms with Gasteiger partial charge < -0.3 is 20.3 Å². The number of para-hydroxylation sites is 1. The molecule has 2 N–H and O–H groups in total. The fourth-order valence-corrected chi connectivity index (χ4v) is 3.10. The van der Waals surface area contributed by atoms with Gasteiger partial charge in [0, 0.05) is 36.8 Å². The Balaban J connectivity index is 1.64. The van der Waals surface area contributed by atoms with Crippen LogP contribution in [0.3, 0.4) is 0 Å². The maximum Gasteiger partial charge on any atom is 0.229 e. The topological polar surface area (TPSA) is 79.4 Å². The van der Waals surface area contributed by atoms with Crippen molar-refractivity contribution in [2.45, 2.75) is 6.92 Å². The second kappa shape index (κ2) is 7.59. The van der Waals surface area contributed by atoms with Crippen molar-refractivity contribution < 1.29 is 9.53 Å². The van der Waals surface area contributed by atoms with E-state index in [1.54, 1.807) is 0 Å². The summed E-state index contributed by atoms with van der Waals surface area (Å²) in [5.41, 5.74) is 2.50. The smallest absolute Gasteiger partial charge is 0.229 e. The first kappa shape index (κ1) is 17.2. The summed E-state index contributed by atoms with van der Waals surface area (Å²) in [4.78, 5) is 22.8. The fraction of sp³-hybridized carbons (Fsp3) is 0.250. The van der Waals surface area contributed by atoms with Crippen LogP contribution in [0.5, 0.6) is 0 Å². The van der Waals surface area contributed by atoms with Crippen molar-refractivity contribution in [3.63, 3.8) is 0 Å². The van der Waals surface area contributed by atoms with E-state index in [0.29, 0.717) is 19.2 Å². The van der Waals surface area contributed by atoms with Crippen molar-refractivity contribution in [1.29, 1.82) is 0 Å². The van der Waals surface area contributed by atoms with E-state index in [9.17, 15) is 4.79 Å². The number of fused-ring (bicyclic) bond motifs is 1. The van der Waals surface area contributed by atoms with Gasteiger partial charge in [0.15, 0.2) is 0 Å². The third kappa shape index (κ3) is 3.98. The number of amides is 1. The summed E-state index contributed by atoms with van der Waals surface area (Å²) < 4.78 is 5.47.